The van der Waals surface area contributed by atoms with Crippen molar-refractivity contribution < 1.29 is 17.9 Å². The zero-order valence-electron chi connectivity index (χ0n) is 16.2. The Morgan fingerprint density at radius 1 is 0.967 bits per heavy atom. The summed E-state index contributed by atoms with van der Waals surface area (Å²) in [5, 5.41) is 2.72. The van der Waals surface area contributed by atoms with Crippen molar-refractivity contribution in [2.24, 2.45) is 0 Å². The molecule has 0 aromatic heterocycles. The monoisotopic (exact) mass is 488 g/mol. The molecule has 0 spiro atoms. The van der Waals surface area contributed by atoms with Gasteiger partial charge in [-0.15, -0.1) is 0 Å². The quantitative estimate of drug-likeness (QED) is 0.488. The van der Waals surface area contributed by atoms with Gasteiger partial charge in [-0.05, 0) is 61.0 Å². The lowest BCUT2D eigenvalue weighted by Gasteiger charge is -2.15. The highest BCUT2D eigenvalue weighted by molar-refractivity contribution is 9.10. The largest absolute Gasteiger partial charge is 0.484 e. The van der Waals surface area contributed by atoms with Gasteiger partial charge in [-0.2, -0.15) is 0 Å². The van der Waals surface area contributed by atoms with Crippen LogP contribution in [0.4, 0.5) is 5.69 Å². The Kier molecular flexibility index (Phi) is 7.25. The molecule has 6 nitrogen and oxygen atoms in total. The van der Waals surface area contributed by atoms with Gasteiger partial charge in [0.05, 0.1) is 4.90 Å². The Labute approximate surface area is 184 Å². The second-order valence-electron chi connectivity index (χ2n) is 6.57. The van der Waals surface area contributed by atoms with Crippen molar-refractivity contribution in [1.29, 1.82) is 0 Å². The smallest absolute Gasteiger partial charge is 0.262 e. The number of halogens is 1. The van der Waals surface area contributed by atoms with E-state index in [0.717, 1.165) is 10.0 Å². The minimum Gasteiger partial charge on any atom is -0.484 e. The van der Waals surface area contributed by atoms with E-state index in [4.69, 9.17) is 4.74 Å². The van der Waals surface area contributed by atoms with Gasteiger partial charge in [0.2, 0.25) is 10.0 Å². The van der Waals surface area contributed by atoms with E-state index in [1.54, 1.807) is 19.1 Å². The molecule has 3 aromatic rings. The molecule has 0 saturated heterocycles. The number of ether oxygens (including phenoxy) is 1. The van der Waals surface area contributed by atoms with Crippen LogP contribution in [0.3, 0.4) is 0 Å². The number of hydrogen-bond donors (Lipinski definition) is 2. The molecule has 0 saturated carbocycles. The second-order valence-corrected chi connectivity index (χ2v) is 9.20. The van der Waals surface area contributed by atoms with Gasteiger partial charge in [0.25, 0.3) is 5.91 Å². The summed E-state index contributed by atoms with van der Waals surface area (Å²) < 4.78 is 34.2. The molecule has 8 heteroatoms. The van der Waals surface area contributed by atoms with Gasteiger partial charge in [-0.25, -0.2) is 13.1 Å². The molecule has 30 heavy (non-hydrogen) atoms. The van der Waals surface area contributed by atoms with Crippen molar-refractivity contribution in [3.63, 3.8) is 0 Å². The minimum atomic E-state index is -3.69. The molecule has 0 bridgehead atoms. The highest BCUT2D eigenvalue weighted by Crippen LogP contribution is 2.20. The van der Waals surface area contributed by atoms with Crippen LogP contribution in [0.5, 0.6) is 5.75 Å². The number of nitrogens with one attached hydrogen (secondary N) is 2. The Balaban J connectivity index is 1.56. The van der Waals surface area contributed by atoms with Crippen LogP contribution < -0.4 is 14.8 Å². The van der Waals surface area contributed by atoms with E-state index >= 15 is 0 Å². The first-order valence-electron chi connectivity index (χ1n) is 9.19. The minimum absolute atomic E-state index is 0.122. The van der Waals surface area contributed by atoms with Crippen LogP contribution in [-0.2, 0) is 14.8 Å². The van der Waals surface area contributed by atoms with E-state index in [-0.39, 0.29) is 23.5 Å². The SMILES string of the molecule is CC(NS(=O)(=O)c1ccc(OCC(=O)Nc2ccc(Br)cc2)cc1)c1ccccc1. The second kappa shape index (κ2) is 9.88. The van der Waals surface area contributed by atoms with E-state index in [1.807, 2.05) is 42.5 Å². The number of carbonyl (C=O) groups is 1. The predicted octanol–water partition coefficient (Wildman–Crippen LogP) is 4.51. The molecule has 0 aliphatic carbocycles. The van der Waals surface area contributed by atoms with E-state index < -0.39 is 10.0 Å². The lowest BCUT2D eigenvalue weighted by atomic mass is 10.1. The van der Waals surface area contributed by atoms with Crippen molar-refractivity contribution >= 4 is 37.5 Å². The van der Waals surface area contributed by atoms with Crippen molar-refractivity contribution in [2.75, 3.05) is 11.9 Å². The Bertz CT molecular complexity index is 1090. The molecule has 1 atom stereocenters. The van der Waals surface area contributed by atoms with Gasteiger partial charge in [0, 0.05) is 16.2 Å². The van der Waals surface area contributed by atoms with Crippen molar-refractivity contribution in [1.82, 2.24) is 4.72 Å². The maximum Gasteiger partial charge on any atom is 0.262 e. The van der Waals surface area contributed by atoms with Crippen LogP contribution in [0.15, 0.2) is 88.2 Å². The van der Waals surface area contributed by atoms with Gasteiger partial charge < -0.3 is 10.1 Å². The van der Waals surface area contributed by atoms with Crippen LogP contribution in [0.2, 0.25) is 0 Å². The van der Waals surface area contributed by atoms with E-state index in [1.165, 1.54) is 24.3 Å². The number of anilines is 1. The summed E-state index contributed by atoms with van der Waals surface area (Å²) in [4.78, 5) is 12.1. The summed E-state index contributed by atoms with van der Waals surface area (Å²) in [7, 11) is -3.69. The maximum absolute atomic E-state index is 12.6. The fourth-order valence-electron chi connectivity index (χ4n) is 2.70. The van der Waals surface area contributed by atoms with Gasteiger partial charge in [0.15, 0.2) is 6.61 Å². The van der Waals surface area contributed by atoms with Crippen LogP contribution in [0, 0.1) is 0 Å². The molecule has 1 amide bonds. The first-order valence-corrected chi connectivity index (χ1v) is 11.5. The fourth-order valence-corrected chi connectivity index (χ4v) is 4.20. The van der Waals surface area contributed by atoms with E-state index in [9.17, 15) is 13.2 Å². The topological polar surface area (TPSA) is 84.5 Å². The Morgan fingerprint density at radius 3 is 2.23 bits per heavy atom. The zero-order valence-corrected chi connectivity index (χ0v) is 18.6. The molecule has 1 unspecified atom stereocenters. The van der Waals surface area contributed by atoms with Crippen molar-refractivity contribution in [2.45, 2.75) is 17.9 Å². The lowest BCUT2D eigenvalue weighted by molar-refractivity contribution is -0.118. The summed E-state index contributed by atoms with van der Waals surface area (Å²) in [5.74, 6) is 0.0865. The van der Waals surface area contributed by atoms with Gasteiger partial charge in [-0.1, -0.05) is 46.3 Å². The van der Waals surface area contributed by atoms with Gasteiger partial charge in [0.1, 0.15) is 5.75 Å². The van der Waals surface area contributed by atoms with Gasteiger partial charge >= 0.3 is 0 Å². The van der Waals surface area contributed by atoms with Crippen LogP contribution >= 0.6 is 15.9 Å². The van der Waals surface area contributed by atoms with E-state index in [2.05, 4.69) is 26.0 Å². The first-order chi connectivity index (χ1) is 14.3. The summed E-state index contributed by atoms with van der Waals surface area (Å²) in [6.45, 7) is 1.60. The highest BCUT2D eigenvalue weighted by atomic mass is 79.9. The molecule has 3 aromatic carbocycles. The molecule has 0 aliphatic heterocycles. The number of carbonyl (C=O) groups excluding carboxylic acids is 1. The summed E-state index contributed by atoms with van der Waals surface area (Å²) in [6.07, 6.45) is 0. The summed E-state index contributed by atoms with van der Waals surface area (Å²) in [6, 6.07) is 22.1. The Hall–Kier alpha value is -2.68. The molecular weight excluding hydrogens is 468 g/mol. The normalized spacial score (nSPS) is 12.2. The van der Waals surface area contributed by atoms with Crippen molar-refractivity contribution in [3.8, 4) is 5.75 Å². The molecule has 0 heterocycles. The predicted molar refractivity (Wildman–Crippen MR) is 120 cm³/mol. The lowest BCUT2D eigenvalue weighted by Crippen LogP contribution is -2.26. The molecule has 0 fully saturated rings. The summed E-state index contributed by atoms with van der Waals surface area (Å²) >= 11 is 3.33. The average Bonchev–Trinajstić information content (AvgIpc) is 2.74. The van der Waals surface area contributed by atoms with Gasteiger partial charge in [-0.3, -0.25) is 4.79 Å². The molecule has 3 rings (SSSR count). The molecule has 0 radical (unpaired) electrons. The number of rotatable bonds is 8. The first kappa shape index (κ1) is 22.0. The third-order valence-corrected chi connectivity index (χ3v) is 6.35. The number of hydrogen-bond acceptors (Lipinski definition) is 4. The third-order valence-electron chi connectivity index (χ3n) is 4.26. The molecule has 0 aliphatic rings. The van der Waals surface area contributed by atoms with Crippen molar-refractivity contribution in [3.05, 3.63) is 88.9 Å². The Morgan fingerprint density at radius 2 is 1.60 bits per heavy atom. The van der Waals surface area contributed by atoms with Crippen LogP contribution in [0.1, 0.15) is 18.5 Å². The number of sulfonamides is 1. The van der Waals surface area contributed by atoms with E-state index in [0.29, 0.717) is 11.4 Å². The molecule has 2 N–H and O–H groups in total. The highest BCUT2D eigenvalue weighted by Gasteiger charge is 2.18. The zero-order chi connectivity index (χ0) is 21.6. The third kappa shape index (κ3) is 6.16. The standard InChI is InChI=1S/C22H21BrN2O4S/c1-16(17-5-3-2-4-6-17)25-30(27,28)21-13-11-20(12-14-21)29-15-22(26)24-19-9-7-18(23)8-10-19/h2-14,16,25H,15H2,1H3,(H,24,26). The molecular formula is C22H21BrN2O4S. The maximum atomic E-state index is 12.6. The average molecular weight is 489 g/mol. The van der Waals surface area contributed by atoms with Crippen LogP contribution in [0.25, 0.3) is 0 Å². The fraction of sp³-hybridized carbons (Fsp3) is 0.136. The van der Waals surface area contributed by atoms with Crippen LogP contribution in [-0.4, -0.2) is 20.9 Å². The summed E-state index contributed by atoms with van der Waals surface area (Å²) in [5.41, 5.74) is 1.53. The molecule has 156 valence electrons. The number of benzene rings is 3. The number of amides is 1.